The number of hydrogen-bond acceptors (Lipinski definition) is 2. The normalized spacial score (nSPS) is 27.5. The molecule has 3 atom stereocenters. The molecule has 2 aromatic rings. The molecule has 1 saturated heterocycles. The van der Waals surface area contributed by atoms with E-state index in [0.717, 1.165) is 17.9 Å². The molecule has 2 aromatic carbocycles. The van der Waals surface area contributed by atoms with E-state index in [1.165, 1.54) is 16.3 Å². The zero-order valence-electron chi connectivity index (χ0n) is 11.1. The Kier molecular flexibility index (Phi) is 3.67. The van der Waals surface area contributed by atoms with Crippen molar-refractivity contribution in [1.82, 2.24) is 5.32 Å². The van der Waals surface area contributed by atoms with Gasteiger partial charge in [-0.25, -0.2) is 0 Å². The van der Waals surface area contributed by atoms with Gasteiger partial charge in [-0.15, -0.1) is 0 Å². The van der Waals surface area contributed by atoms with Gasteiger partial charge in [0.2, 0.25) is 0 Å². The highest BCUT2D eigenvalue weighted by atomic mass is 32.2. The van der Waals surface area contributed by atoms with Gasteiger partial charge in [-0.05, 0) is 28.8 Å². The van der Waals surface area contributed by atoms with Crippen molar-refractivity contribution in [1.29, 1.82) is 0 Å². The van der Waals surface area contributed by atoms with E-state index >= 15 is 0 Å². The van der Waals surface area contributed by atoms with Crippen LogP contribution in [-0.4, -0.2) is 21.8 Å². The summed E-state index contributed by atoms with van der Waals surface area (Å²) in [5, 5.41) is 6.14. The van der Waals surface area contributed by atoms with Crippen LogP contribution in [0.1, 0.15) is 24.9 Å². The van der Waals surface area contributed by atoms with Gasteiger partial charge in [0.1, 0.15) is 0 Å². The highest BCUT2D eigenvalue weighted by Gasteiger charge is 2.25. The molecule has 0 amide bonds. The molecular formula is C16H19NOS. The predicted molar refractivity (Wildman–Crippen MR) is 81.8 cm³/mol. The largest absolute Gasteiger partial charge is 0.305 e. The van der Waals surface area contributed by atoms with Gasteiger partial charge in [-0.2, -0.15) is 0 Å². The third-order valence-electron chi connectivity index (χ3n) is 3.85. The summed E-state index contributed by atoms with van der Waals surface area (Å²) in [6.07, 6.45) is 1.04. The van der Waals surface area contributed by atoms with Crippen LogP contribution >= 0.6 is 0 Å². The third kappa shape index (κ3) is 2.72. The lowest BCUT2D eigenvalue weighted by Gasteiger charge is -2.30. The van der Waals surface area contributed by atoms with Crippen LogP contribution in [0.5, 0.6) is 0 Å². The Morgan fingerprint density at radius 1 is 1.16 bits per heavy atom. The van der Waals surface area contributed by atoms with E-state index in [-0.39, 0.29) is 6.04 Å². The Hall–Kier alpha value is -1.19. The predicted octanol–water partition coefficient (Wildman–Crippen LogP) is 3.01. The lowest BCUT2D eigenvalue weighted by molar-refractivity contribution is 0.456. The molecule has 3 heteroatoms. The van der Waals surface area contributed by atoms with Crippen LogP contribution in [0.25, 0.3) is 10.8 Å². The van der Waals surface area contributed by atoms with Gasteiger partial charge in [-0.1, -0.05) is 43.3 Å². The molecular weight excluding hydrogens is 254 g/mol. The summed E-state index contributed by atoms with van der Waals surface area (Å²) in [5.74, 6) is 1.52. The lowest BCUT2D eigenvalue weighted by atomic mass is 10.0. The van der Waals surface area contributed by atoms with E-state index in [9.17, 15) is 4.21 Å². The van der Waals surface area contributed by atoms with Crippen LogP contribution in [0.3, 0.4) is 0 Å². The van der Waals surface area contributed by atoms with Crippen LogP contribution in [-0.2, 0) is 10.8 Å². The monoisotopic (exact) mass is 273 g/mol. The molecule has 0 aromatic heterocycles. The standard InChI is InChI=1S/C16H19NOS/c1-2-15-10-19(18)11-16(17-15)14-8-7-12-5-3-4-6-13(12)9-14/h3-9,15-17H,2,10-11H2,1H3. The van der Waals surface area contributed by atoms with E-state index in [4.69, 9.17) is 0 Å². The van der Waals surface area contributed by atoms with Crippen LogP contribution in [0.2, 0.25) is 0 Å². The van der Waals surface area contributed by atoms with Crippen molar-refractivity contribution in [2.24, 2.45) is 0 Å². The average molecular weight is 273 g/mol. The first-order valence-corrected chi connectivity index (χ1v) is 8.35. The molecule has 0 aliphatic carbocycles. The van der Waals surface area contributed by atoms with Crippen molar-refractivity contribution in [2.75, 3.05) is 11.5 Å². The molecule has 0 saturated carbocycles. The topological polar surface area (TPSA) is 29.1 Å². The van der Waals surface area contributed by atoms with Gasteiger partial charge < -0.3 is 5.32 Å². The number of fused-ring (bicyclic) bond motifs is 1. The first-order valence-electron chi connectivity index (χ1n) is 6.86. The van der Waals surface area contributed by atoms with Gasteiger partial charge >= 0.3 is 0 Å². The molecule has 3 unspecified atom stereocenters. The zero-order chi connectivity index (χ0) is 13.2. The van der Waals surface area contributed by atoms with Gasteiger partial charge in [0, 0.05) is 34.4 Å². The fraction of sp³-hybridized carbons (Fsp3) is 0.375. The van der Waals surface area contributed by atoms with E-state index in [2.05, 4.69) is 54.7 Å². The minimum atomic E-state index is -0.697. The number of rotatable bonds is 2. The first-order chi connectivity index (χ1) is 9.26. The zero-order valence-corrected chi connectivity index (χ0v) is 12.0. The van der Waals surface area contributed by atoms with Gasteiger partial charge in [-0.3, -0.25) is 4.21 Å². The maximum absolute atomic E-state index is 12.0. The highest BCUT2D eigenvalue weighted by Crippen LogP contribution is 2.24. The van der Waals surface area contributed by atoms with Gasteiger partial charge in [0.25, 0.3) is 0 Å². The maximum atomic E-state index is 12.0. The molecule has 0 bridgehead atoms. The van der Waals surface area contributed by atoms with Gasteiger partial charge in [0.15, 0.2) is 0 Å². The van der Waals surface area contributed by atoms with Crippen LogP contribution < -0.4 is 5.32 Å². The van der Waals surface area contributed by atoms with Crippen LogP contribution in [0.15, 0.2) is 42.5 Å². The Bertz CT molecular complexity index is 610. The van der Waals surface area contributed by atoms with Gasteiger partial charge in [0.05, 0.1) is 0 Å². The minimum absolute atomic E-state index is 0.226. The second-order valence-electron chi connectivity index (χ2n) is 5.20. The van der Waals surface area contributed by atoms with E-state index in [0.29, 0.717) is 6.04 Å². The Morgan fingerprint density at radius 3 is 2.74 bits per heavy atom. The Morgan fingerprint density at radius 2 is 1.95 bits per heavy atom. The summed E-state index contributed by atoms with van der Waals surface area (Å²) >= 11 is 0. The minimum Gasteiger partial charge on any atom is -0.305 e. The van der Waals surface area contributed by atoms with Crippen molar-refractivity contribution in [3.8, 4) is 0 Å². The summed E-state index contributed by atoms with van der Waals surface area (Å²) in [5.41, 5.74) is 1.25. The molecule has 1 fully saturated rings. The smallest absolute Gasteiger partial charge is 0.0439 e. The quantitative estimate of drug-likeness (QED) is 0.911. The Labute approximate surface area is 116 Å². The molecule has 1 heterocycles. The first kappa shape index (κ1) is 12.8. The number of benzene rings is 2. The molecule has 19 heavy (non-hydrogen) atoms. The highest BCUT2D eigenvalue weighted by molar-refractivity contribution is 7.85. The molecule has 3 rings (SSSR count). The number of nitrogens with one attached hydrogen (secondary N) is 1. The van der Waals surface area contributed by atoms with E-state index in [1.54, 1.807) is 0 Å². The van der Waals surface area contributed by atoms with Crippen molar-refractivity contribution >= 4 is 21.6 Å². The summed E-state index contributed by atoms with van der Waals surface area (Å²) in [6.45, 7) is 2.15. The molecule has 0 spiro atoms. The maximum Gasteiger partial charge on any atom is 0.0439 e. The summed E-state index contributed by atoms with van der Waals surface area (Å²) in [4.78, 5) is 0. The van der Waals surface area contributed by atoms with E-state index < -0.39 is 10.8 Å². The van der Waals surface area contributed by atoms with Crippen molar-refractivity contribution in [3.05, 3.63) is 48.0 Å². The second-order valence-corrected chi connectivity index (χ2v) is 6.75. The Balaban J connectivity index is 1.92. The van der Waals surface area contributed by atoms with Crippen LogP contribution in [0, 0.1) is 0 Å². The summed E-state index contributed by atoms with van der Waals surface area (Å²) in [6, 6.07) is 15.5. The average Bonchev–Trinajstić information content (AvgIpc) is 2.46. The van der Waals surface area contributed by atoms with Crippen molar-refractivity contribution in [3.63, 3.8) is 0 Å². The SMILES string of the molecule is CCC1CS(=O)CC(c2ccc3ccccc3c2)N1. The fourth-order valence-corrected chi connectivity index (χ4v) is 4.29. The molecule has 1 aliphatic rings. The van der Waals surface area contributed by atoms with Crippen molar-refractivity contribution in [2.45, 2.75) is 25.4 Å². The summed E-state index contributed by atoms with van der Waals surface area (Å²) in [7, 11) is -0.697. The molecule has 1 aliphatic heterocycles. The second kappa shape index (κ2) is 5.43. The van der Waals surface area contributed by atoms with Crippen LogP contribution in [0.4, 0.5) is 0 Å². The lowest BCUT2D eigenvalue weighted by Crippen LogP contribution is -2.44. The molecule has 100 valence electrons. The summed E-state index contributed by atoms with van der Waals surface area (Å²) < 4.78 is 12.0. The van der Waals surface area contributed by atoms with Crippen molar-refractivity contribution < 1.29 is 4.21 Å². The molecule has 1 N–H and O–H groups in total. The molecule has 2 nitrogen and oxygen atoms in total. The third-order valence-corrected chi connectivity index (χ3v) is 5.32. The number of hydrogen-bond donors (Lipinski definition) is 1. The fourth-order valence-electron chi connectivity index (χ4n) is 2.71. The van der Waals surface area contributed by atoms with E-state index in [1.807, 2.05) is 0 Å². The molecule has 0 radical (unpaired) electrons.